The average Bonchev–Trinajstić information content (AvgIpc) is 3.06. The molecule has 1 heterocycles. The Morgan fingerprint density at radius 1 is 1.06 bits per heavy atom. The van der Waals surface area contributed by atoms with E-state index in [1.807, 2.05) is 31.2 Å². The van der Waals surface area contributed by atoms with Crippen LogP contribution in [0.5, 0.6) is 5.75 Å². The van der Waals surface area contributed by atoms with Crippen molar-refractivity contribution in [3.05, 3.63) is 105 Å². The van der Waals surface area contributed by atoms with Crippen molar-refractivity contribution in [2.24, 2.45) is 0 Å². The molecule has 2 N–H and O–H groups in total. The largest absolute Gasteiger partial charge is 0.487 e. The normalized spacial score (nSPS) is 14.4. The molecule has 3 amide bonds. The van der Waals surface area contributed by atoms with Gasteiger partial charge in [-0.2, -0.15) is 0 Å². The molecule has 3 aromatic rings. The van der Waals surface area contributed by atoms with Crippen LogP contribution in [0.3, 0.4) is 0 Å². The first-order chi connectivity index (χ1) is 16.3. The lowest BCUT2D eigenvalue weighted by molar-refractivity contribution is -0.123. The molecule has 0 saturated carbocycles. The van der Waals surface area contributed by atoms with Gasteiger partial charge in [0.2, 0.25) is 0 Å². The Labute approximate surface area is 201 Å². The van der Waals surface area contributed by atoms with Crippen LogP contribution in [0, 0.1) is 6.92 Å². The summed E-state index contributed by atoms with van der Waals surface area (Å²) in [5, 5.41) is 12.0. The Hall–Kier alpha value is -4.10. The van der Waals surface area contributed by atoms with Gasteiger partial charge >= 0.3 is 12.0 Å². The lowest BCUT2D eigenvalue weighted by Gasteiger charge is -2.12. The second-order valence-corrected chi connectivity index (χ2v) is 8.26. The van der Waals surface area contributed by atoms with Gasteiger partial charge in [0.05, 0.1) is 17.1 Å². The molecule has 1 saturated heterocycles. The number of carboxylic acids is 1. The smallest absolute Gasteiger partial charge is 0.335 e. The van der Waals surface area contributed by atoms with E-state index in [0.29, 0.717) is 21.9 Å². The molecule has 0 unspecified atom stereocenters. The number of carbonyl (C=O) groups is 3. The number of halogens is 1. The van der Waals surface area contributed by atoms with Crippen molar-refractivity contribution in [2.75, 3.05) is 0 Å². The Balaban J connectivity index is 1.44. The van der Waals surface area contributed by atoms with Gasteiger partial charge in [-0.25, -0.2) is 9.59 Å². The van der Waals surface area contributed by atoms with Crippen molar-refractivity contribution < 1.29 is 24.2 Å². The second kappa shape index (κ2) is 9.80. The molecule has 0 spiro atoms. The average molecular weight is 477 g/mol. The van der Waals surface area contributed by atoms with Crippen LogP contribution < -0.4 is 10.1 Å². The molecule has 3 aromatic carbocycles. The number of ether oxygens (including phenoxy) is 1. The third-order valence-electron chi connectivity index (χ3n) is 5.22. The van der Waals surface area contributed by atoms with Gasteiger partial charge in [0.1, 0.15) is 18.1 Å². The molecule has 1 aliphatic rings. The number of aryl methyl sites for hydroxylation is 1. The third kappa shape index (κ3) is 5.27. The summed E-state index contributed by atoms with van der Waals surface area (Å²) in [6.45, 7) is 2.27. The van der Waals surface area contributed by atoms with E-state index >= 15 is 0 Å². The number of carboxylic acid groups (broad SMARTS) is 1. The summed E-state index contributed by atoms with van der Waals surface area (Å²) in [6, 6.07) is 18.6. The summed E-state index contributed by atoms with van der Waals surface area (Å²) in [6.07, 6.45) is 1.56. The molecule has 0 bridgehead atoms. The highest BCUT2D eigenvalue weighted by Gasteiger charge is 2.33. The first-order valence-corrected chi connectivity index (χ1v) is 10.8. The highest BCUT2D eigenvalue weighted by molar-refractivity contribution is 6.32. The molecule has 0 aliphatic carbocycles. The molecule has 34 heavy (non-hydrogen) atoms. The lowest BCUT2D eigenvalue weighted by atomic mass is 10.1. The minimum Gasteiger partial charge on any atom is -0.487 e. The van der Waals surface area contributed by atoms with Crippen LogP contribution >= 0.6 is 11.6 Å². The number of amides is 3. The number of imide groups is 1. The topological polar surface area (TPSA) is 95.9 Å². The molecular formula is C26H21ClN2O5. The number of carbonyl (C=O) groups excluding carboxylic acids is 2. The predicted octanol–water partition coefficient (Wildman–Crippen LogP) is 5.02. The van der Waals surface area contributed by atoms with Crippen molar-refractivity contribution in [3.63, 3.8) is 0 Å². The summed E-state index contributed by atoms with van der Waals surface area (Å²) < 4.78 is 5.72. The van der Waals surface area contributed by atoms with Crippen LogP contribution in [-0.2, 0) is 17.9 Å². The van der Waals surface area contributed by atoms with Crippen LogP contribution in [0.15, 0.2) is 72.4 Å². The quantitative estimate of drug-likeness (QED) is 0.369. The molecule has 1 aliphatic heterocycles. The number of hydrogen-bond donors (Lipinski definition) is 2. The van der Waals surface area contributed by atoms with E-state index < -0.39 is 17.9 Å². The number of nitrogens with one attached hydrogen (secondary N) is 1. The molecule has 4 rings (SSSR count). The maximum Gasteiger partial charge on any atom is 0.335 e. The number of aromatic carboxylic acids is 1. The lowest BCUT2D eigenvalue weighted by Crippen LogP contribution is -2.30. The van der Waals surface area contributed by atoms with Gasteiger partial charge in [-0.15, -0.1) is 0 Å². The van der Waals surface area contributed by atoms with Crippen LogP contribution in [0.25, 0.3) is 6.08 Å². The predicted molar refractivity (Wildman–Crippen MR) is 127 cm³/mol. The van der Waals surface area contributed by atoms with Gasteiger partial charge in [0.25, 0.3) is 5.91 Å². The van der Waals surface area contributed by atoms with E-state index in [4.69, 9.17) is 21.4 Å². The number of nitrogens with zero attached hydrogens (tertiary/aromatic N) is 1. The molecule has 7 nitrogen and oxygen atoms in total. The SMILES string of the molecule is Cc1cccc(CN2C(=O)N/C(=C/c3ccc(OCc4cccc(C(=O)O)c4)c(Cl)c3)C2=O)c1. The minimum absolute atomic E-state index is 0.143. The minimum atomic E-state index is -1.01. The van der Waals surface area contributed by atoms with Gasteiger partial charge in [0.15, 0.2) is 0 Å². The summed E-state index contributed by atoms with van der Waals surface area (Å²) in [5.74, 6) is -1.02. The fourth-order valence-corrected chi connectivity index (χ4v) is 3.80. The highest BCUT2D eigenvalue weighted by Crippen LogP contribution is 2.28. The van der Waals surface area contributed by atoms with Crippen molar-refractivity contribution in [1.82, 2.24) is 10.2 Å². The summed E-state index contributed by atoms with van der Waals surface area (Å²) in [4.78, 5) is 37.4. The van der Waals surface area contributed by atoms with Gasteiger partial charge in [-0.1, -0.05) is 59.6 Å². The maximum atomic E-state index is 12.8. The van der Waals surface area contributed by atoms with Crippen LogP contribution in [-0.4, -0.2) is 27.9 Å². The second-order valence-electron chi connectivity index (χ2n) is 7.85. The van der Waals surface area contributed by atoms with Crippen LogP contribution in [0.4, 0.5) is 4.79 Å². The Morgan fingerprint density at radius 3 is 2.56 bits per heavy atom. The van der Waals surface area contributed by atoms with Gasteiger partial charge < -0.3 is 15.2 Å². The molecule has 8 heteroatoms. The summed E-state index contributed by atoms with van der Waals surface area (Å²) in [7, 11) is 0. The van der Waals surface area contributed by atoms with E-state index in [2.05, 4.69) is 5.32 Å². The van der Waals surface area contributed by atoms with Crippen molar-refractivity contribution in [2.45, 2.75) is 20.1 Å². The van der Waals surface area contributed by atoms with Crippen LogP contribution in [0.1, 0.15) is 32.6 Å². The fourth-order valence-electron chi connectivity index (χ4n) is 3.55. The molecule has 1 fully saturated rings. The highest BCUT2D eigenvalue weighted by atomic mass is 35.5. The van der Waals surface area contributed by atoms with Crippen molar-refractivity contribution in [1.29, 1.82) is 0 Å². The third-order valence-corrected chi connectivity index (χ3v) is 5.52. The van der Waals surface area contributed by atoms with Gasteiger partial charge in [0, 0.05) is 0 Å². The number of rotatable bonds is 7. The number of hydrogen-bond acceptors (Lipinski definition) is 4. The first kappa shape index (κ1) is 23.1. The van der Waals surface area contributed by atoms with E-state index in [9.17, 15) is 14.4 Å². The van der Waals surface area contributed by atoms with E-state index in [0.717, 1.165) is 16.0 Å². The summed E-state index contributed by atoms with van der Waals surface area (Å²) >= 11 is 6.35. The zero-order valence-corrected chi connectivity index (χ0v) is 19.0. The molecular weight excluding hydrogens is 456 g/mol. The van der Waals surface area contributed by atoms with Crippen molar-refractivity contribution in [3.8, 4) is 5.75 Å². The number of urea groups is 1. The summed E-state index contributed by atoms with van der Waals surface area (Å²) in [5.41, 5.74) is 3.55. The monoisotopic (exact) mass is 476 g/mol. The maximum absolute atomic E-state index is 12.8. The Bertz CT molecular complexity index is 1320. The van der Waals surface area contributed by atoms with Gasteiger partial charge in [-0.05, 0) is 54.0 Å². The Kier molecular flexibility index (Phi) is 6.65. The van der Waals surface area contributed by atoms with E-state index in [1.54, 1.807) is 36.4 Å². The molecule has 0 radical (unpaired) electrons. The fraction of sp³-hybridized carbons (Fsp3) is 0.115. The molecule has 172 valence electrons. The zero-order chi connectivity index (χ0) is 24.2. The van der Waals surface area contributed by atoms with Crippen LogP contribution in [0.2, 0.25) is 5.02 Å². The molecule has 0 atom stereocenters. The first-order valence-electron chi connectivity index (χ1n) is 10.4. The zero-order valence-electron chi connectivity index (χ0n) is 18.2. The van der Waals surface area contributed by atoms with Crippen molar-refractivity contribution >= 4 is 35.6 Å². The van der Waals surface area contributed by atoms with E-state index in [-0.39, 0.29) is 24.4 Å². The standard InChI is InChI=1S/C26H21ClN2O5/c1-16-4-2-5-18(10-16)14-29-24(30)22(28-26(29)33)13-17-8-9-23(21(27)12-17)34-15-19-6-3-7-20(11-19)25(31)32/h2-13H,14-15H2,1H3,(H,28,33)(H,31,32)/b22-13+. The van der Waals surface area contributed by atoms with E-state index in [1.165, 1.54) is 12.1 Å². The van der Waals surface area contributed by atoms with Gasteiger partial charge in [-0.3, -0.25) is 9.69 Å². The Morgan fingerprint density at radius 2 is 1.82 bits per heavy atom. The molecule has 0 aromatic heterocycles. The number of benzene rings is 3.